The van der Waals surface area contributed by atoms with Crippen LogP contribution in [0.3, 0.4) is 0 Å². The summed E-state index contributed by atoms with van der Waals surface area (Å²) in [7, 11) is 0. The van der Waals surface area contributed by atoms with Crippen molar-refractivity contribution in [3.05, 3.63) is 58.3 Å². The van der Waals surface area contributed by atoms with Gasteiger partial charge in [0.05, 0.1) is 15.7 Å². The molecule has 0 unspecified atom stereocenters. The van der Waals surface area contributed by atoms with Gasteiger partial charge in [-0.15, -0.1) is 0 Å². The van der Waals surface area contributed by atoms with E-state index in [4.69, 9.17) is 23.2 Å². The number of benzene rings is 2. The zero-order valence-electron chi connectivity index (χ0n) is 12.1. The molecule has 0 spiro atoms. The van der Waals surface area contributed by atoms with Crippen LogP contribution in [-0.2, 0) is 9.59 Å². The monoisotopic (exact) mass is 354 g/mol. The summed E-state index contributed by atoms with van der Waals surface area (Å²) >= 11 is 12.2. The first kappa shape index (κ1) is 17.2. The number of anilines is 2. The van der Waals surface area contributed by atoms with Crippen molar-refractivity contribution in [2.24, 2.45) is 0 Å². The van der Waals surface area contributed by atoms with Crippen LogP contribution in [0.1, 0.15) is 6.92 Å². The Bertz CT molecular complexity index is 715. The van der Waals surface area contributed by atoms with Gasteiger partial charge in [0.2, 0.25) is 11.8 Å². The zero-order chi connectivity index (χ0) is 17.0. The zero-order valence-corrected chi connectivity index (χ0v) is 13.7. The normalized spacial score (nSPS) is 10.3. The molecule has 0 bridgehead atoms. The van der Waals surface area contributed by atoms with Gasteiger partial charge in [-0.05, 0) is 36.4 Å². The highest BCUT2D eigenvalue weighted by atomic mass is 35.5. The van der Waals surface area contributed by atoms with Crippen LogP contribution in [-0.4, -0.2) is 18.4 Å². The number of hydrogen-bond acceptors (Lipinski definition) is 2. The molecular formula is C16H13Cl2FN2O2. The highest BCUT2D eigenvalue weighted by Crippen LogP contribution is 2.33. The van der Waals surface area contributed by atoms with Gasteiger partial charge in [0.1, 0.15) is 12.4 Å². The predicted molar refractivity (Wildman–Crippen MR) is 89.5 cm³/mol. The van der Waals surface area contributed by atoms with Gasteiger partial charge in [-0.3, -0.25) is 9.59 Å². The quantitative estimate of drug-likeness (QED) is 0.897. The fraction of sp³-hybridized carbons (Fsp3) is 0.125. The van der Waals surface area contributed by atoms with E-state index in [0.717, 1.165) is 0 Å². The molecule has 2 aromatic carbocycles. The minimum Gasteiger partial charge on any atom is -0.325 e. The third-order valence-corrected chi connectivity index (χ3v) is 3.63. The number of hydrogen-bond donors (Lipinski definition) is 1. The fourth-order valence-corrected chi connectivity index (χ4v) is 2.57. The Kier molecular flexibility index (Phi) is 5.58. The van der Waals surface area contributed by atoms with Crippen molar-refractivity contribution in [2.45, 2.75) is 6.92 Å². The van der Waals surface area contributed by atoms with Crippen molar-refractivity contribution in [1.82, 2.24) is 0 Å². The highest BCUT2D eigenvalue weighted by molar-refractivity contribution is 6.40. The Labute approximate surface area is 142 Å². The largest absolute Gasteiger partial charge is 0.325 e. The average molecular weight is 355 g/mol. The molecule has 0 atom stereocenters. The Morgan fingerprint density at radius 3 is 2.17 bits per heavy atom. The number of carbonyl (C=O) groups is 2. The lowest BCUT2D eigenvalue weighted by Crippen LogP contribution is -2.37. The van der Waals surface area contributed by atoms with E-state index in [0.29, 0.717) is 5.69 Å². The van der Waals surface area contributed by atoms with E-state index in [-0.39, 0.29) is 28.2 Å². The van der Waals surface area contributed by atoms with E-state index < -0.39 is 11.7 Å². The molecule has 2 amide bonds. The van der Waals surface area contributed by atoms with Crippen LogP contribution in [0.2, 0.25) is 10.0 Å². The third-order valence-electron chi connectivity index (χ3n) is 3.02. The second-order valence-electron chi connectivity index (χ2n) is 4.73. The van der Waals surface area contributed by atoms with Crippen molar-refractivity contribution in [3.8, 4) is 0 Å². The van der Waals surface area contributed by atoms with Crippen LogP contribution in [0.5, 0.6) is 0 Å². The topological polar surface area (TPSA) is 49.4 Å². The van der Waals surface area contributed by atoms with Gasteiger partial charge in [-0.25, -0.2) is 4.39 Å². The summed E-state index contributed by atoms with van der Waals surface area (Å²) in [4.78, 5) is 25.2. The Morgan fingerprint density at radius 2 is 1.65 bits per heavy atom. The number of nitrogens with zero attached hydrogens (tertiary/aromatic N) is 1. The minimum absolute atomic E-state index is 0.266. The Morgan fingerprint density at radius 1 is 1.09 bits per heavy atom. The summed E-state index contributed by atoms with van der Waals surface area (Å²) in [6.07, 6.45) is 0. The van der Waals surface area contributed by atoms with Gasteiger partial charge in [0.15, 0.2) is 0 Å². The van der Waals surface area contributed by atoms with Crippen molar-refractivity contribution in [3.63, 3.8) is 0 Å². The highest BCUT2D eigenvalue weighted by Gasteiger charge is 2.21. The molecule has 7 heteroatoms. The molecule has 23 heavy (non-hydrogen) atoms. The lowest BCUT2D eigenvalue weighted by molar-refractivity contribution is -0.120. The molecule has 0 aromatic heterocycles. The number of amides is 2. The fourth-order valence-electron chi connectivity index (χ4n) is 1.97. The molecule has 0 radical (unpaired) electrons. The molecule has 0 aliphatic carbocycles. The van der Waals surface area contributed by atoms with Gasteiger partial charge in [0, 0.05) is 12.6 Å². The van der Waals surface area contributed by atoms with Crippen LogP contribution in [0, 0.1) is 5.82 Å². The van der Waals surface area contributed by atoms with Crippen LogP contribution >= 0.6 is 23.2 Å². The summed E-state index contributed by atoms with van der Waals surface area (Å²) in [5.41, 5.74) is 0.697. The number of nitrogens with one attached hydrogen (secondary N) is 1. The summed E-state index contributed by atoms with van der Waals surface area (Å²) in [5.74, 6) is -1.24. The molecule has 120 valence electrons. The summed E-state index contributed by atoms with van der Waals surface area (Å²) < 4.78 is 12.9. The van der Waals surface area contributed by atoms with Crippen molar-refractivity contribution in [2.75, 3.05) is 16.8 Å². The van der Waals surface area contributed by atoms with E-state index in [9.17, 15) is 14.0 Å². The second-order valence-corrected chi connectivity index (χ2v) is 5.54. The molecule has 0 aliphatic heterocycles. The standard InChI is InChI=1S/C16H13Cl2FN2O2/c1-10(22)21(16-13(17)3-2-4-14(16)18)9-15(23)20-12-7-5-11(19)6-8-12/h2-8H,9H2,1H3,(H,20,23). The molecular weight excluding hydrogens is 342 g/mol. The van der Waals surface area contributed by atoms with Gasteiger partial charge < -0.3 is 10.2 Å². The second kappa shape index (κ2) is 7.44. The Balaban J connectivity index is 2.18. The molecule has 0 heterocycles. The lowest BCUT2D eigenvalue weighted by atomic mass is 10.2. The summed E-state index contributed by atoms with van der Waals surface area (Å²) in [6, 6.07) is 10.1. The number of rotatable bonds is 4. The van der Waals surface area contributed by atoms with E-state index in [1.807, 2.05) is 0 Å². The van der Waals surface area contributed by atoms with Crippen LogP contribution in [0.15, 0.2) is 42.5 Å². The predicted octanol–water partition coefficient (Wildman–Crippen LogP) is 4.12. The van der Waals surface area contributed by atoms with E-state index in [2.05, 4.69) is 5.32 Å². The number of para-hydroxylation sites is 1. The minimum atomic E-state index is -0.456. The van der Waals surface area contributed by atoms with Crippen molar-refractivity contribution < 1.29 is 14.0 Å². The molecule has 4 nitrogen and oxygen atoms in total. The number of halogens is 3. The van der Waals surface area contributed by atoms with Crippen molar-refractivity contribution >= 4 is 46.4 Å². The van der Waals surface area contributed by atoms with E-state index in [1.165, 1.54) is 36.1 Å². The molecule has 0 saturated carbocycles. The lowest BCUT2D eigenvalue weighted by Gasteiger charge is -2.23. The molecule has 0 fully saturated rings. The van der Waals surface area contributed by atoms with Crippen LogP contribution < -0.4 is 10.2 Å². The SMILES string of the molecule is CC(=O)N(CC(=O)Nc1ccc(F)cc1)c1c(Cl)cccc1Cl. The van der Waals surface area contributed by atoms with Gasteiger partial charge in [0.25, 0.3) is 0 Å². The maximum Gasteiger partial charge on any atom is 0.244 e. The first-order valence-electron chi connectivity index (χ1n) is 6.66. The average Bonchev–Trinajstić information content (AvgIpc) is 2.48. The Hall–Kier alpha value is -2.11. The third kappa shape index (κ3) is 4.43. The molecule has 2 rings (SSSR count). The molecule has 1 N–H and O–H groups in total. The molecule has 0 aliphatic rings. The maximum absolute atomic E-state index is 12.9. The summed E-state index contributed by atoms with van der Waals surface area (Å²) in [6.45, 7) is 1.04. The summed E-state index contributed by atoms with van der Waals surface area (Å²) in [5, 5.41) is 3.11. The molecule has 0 saturated heterocycles. The van der Waals surface area contributed by atoms with E-state index >= 15 is 0 Å². The van der Waals surface area contributed by atoms with Crippen LogP contribution in [0.4, 0.5) is 15.8 Å². The molecule has 2 aromatic rings. The van der Waals surface area contributed by atoms with Gasteiger partial charge in [-0.1, -0.05) is 29.3 Å². The first-order valence-corrected chi connectivity index (χ1v) is 7.41. The van der Waals surface area contributed by atoms with Crippen LogP contribution in [0.25, 0.3) is 0 Å². The smallest absolute Gasteiger partial charge is 0.244 e. The van der Waals surface area contributed by atoms with Gasteiger partial charge in [-0.2, -0.15) is 0 Å². The van der Waals surface area contributed by atoms with Gasteiger partial charge >= 0.3 is 0 Å². The van der Waals surface area contributed by atoms with Crippen molar-refractivity contribution in [1.29, 1.82) is 0 Å². The first-order chi connectivity index (χ1) is 10.9. The number of carbonyl (C=O) groups excluding carboxylic acids is 2. The maximum atomic E-state index is 12.9. The van der Waals surface area contributed by atoms with E-state index in [1.54, 1.807) is 18.2 Å².